The maximum atomic E-state index is 14.5. The van der Waals surface area contributed by atoms with Gasteiger partial charge >= 0.3 is 7.67 Å². The van der Waals surface area contributed by atoms with Crippen LogP contribution in [-0.2, 0) is 14.2 Å². The van der Waals surface area contributed by atoms with Crippen molar-refractivity contribution in [1.82, 2.24) is 20.3 Å². The first-order chi connectivity index (χ1) is 16.0. The van der Waals surface area contributed by atoms with Gasteiger partial charge in [-0.3, -0.25) is 0 Å². The van der Waals surface area contributed by atoms with Gasteiger partial charge in [0.2, 0.25) is 0 Å². The number of piperidine rings is 2. The summed E-state index contributed by atoms with van der Waals surface area (Å²) in [4.78, 5) is 11.5. The summed E-state index contributed by atoms with van der Waals surface area (Å²) in [6, 6.07) is 9.37. The molecule has 9 heteroatoms. The molecule has 0 spiro atoms. The zero-order valence-corrected chi connectivity index (χ0v) is 24.2. The molecule has 0 aliphatic carbocycles. The second-order valence-electron chi connectivity index (χ2n) is 12.6. The van der Waals surface area contributed by atoms with Crippen molar-refractivity contribution in [2.45, 2.75) is 115 Å². The fourth-order valence-corrected chi connectivity index (χ4v) is 8.82. The van der Waals surface area contributed by atoms with E-state index in [-0.39, 0.29) is 34.2 Å². The Bertz CT molecular complexity index is 820. The molecule has 8 nitrogen and oxygen atoms in total. The summed E-state index contributed by atoms with van der Waals surface area (Å²) >= 11 is 0. The van der Waals surface area contributed by atoms with Crippen molar-refractivity contribution in [2.24, 2.45) is 0 Å². The van der Waals surface area contributed by atoms with E-state index in [4.69, 9.17) is 14.2 Å². The van der Waals surface area contributed by atoms with Crippen LogP contribution < -0.4 is 14.7 Å². The predicted octanol–water partition coefficient (Wildman–Crippen LogP) is 5.52. The van der Waals surface area contributed by atoms with Crippen LogP contribution in [0.4, 0.5) is 0 Å². The van der Waals surface area contributed by atoms with E-state index in [2.05, 4.69) is 75.7 Å². The molecule has 0 saturated carbocycles. The van der Waals surface area contributed by atoms with Gasteiger partial charge in [-0.25, -0.2) is 14.7 Å². The third kappa shape index (κ3) is 6.48. The van der Waals surface area contributed by atoms with Crippen molar-refractivity contribution in [3.63, 3.8) is 0 Å². The van der Waals surface area contributed by atoms with E-state index >= 15 is 0 Å². The number of para-hydroxylation sites is 1. The number of hydroxylamine groups is 4. The average Bonchev–Trinajstić information content (AvgIpc) is 2.64. The fraction of sp³-hybridized carbons (Fsp3) is 0.769. The van der Waals surface area contributed by atoms with Crippen LogP contribution in [0.2, 0.25) is 0 Å². The van der Waals surface area contributed by atoms with Gasteiger partial charge in [0.1, 0.15) is 5.75 Å². The largest absolute Gasteiger partial charge is 0.422 e. The molecule has 200 valence electrons. The monoisotopic (exact) mass is 510 g/mol. The van der Waals surface area contributed by atoms with Crippen molar-refractivity contribution in [1.29, 1.82) is 0 Å². The lowest BCUT2D eigenvalue weighted by Gasteiger charge is -2.54. The molecule has 0 bridgehead atoms. The quantitative estimate of drug-likeness (QED) is 0.443. The van der Waals surface area contributed by atoms with E-state index in [1.165, 1.54) is 0 Å². The first kappa shape index (κ1) is 28.6. The molecule has 35 heavy (non-hydrogen) atoms. The van der Waals surface area contributed by atoms with Gasteiger partial charge in [-0.15, -0.1) is 0 Å². The normalized spacial score (nSPS) is 25.4. The summed E-state index contributed by atoms with van der Waals surface area (Å²) in [7, 11) is -0.0380. The Morgan fingerprint density at radius 2 is 1.06 bits per heavy atom. The lowest BCUT2D eigenvalue weighted by molar-refractivity contribution is -0.267. The Morgan fingerprint density at radius 1 is 0.714 bits per heavy atom. The van der Waals surface area contributed by atoms with Crippen LogP contribution in [0.1, 0.15) is 81.1 Å². The number of nitrogens with one attached hydrogen (secondary N) is 2. The van der Waals surface area contributed by atoms with Crippen LogP contribution in [0.3, 0.4) is 0 Å². The molecule has 2 aliphatic rings. The third-order valence-electron chi connectivity index (χ3n) is 7.23. The highest BCUT2D eigenvalue weighted by atomic mass is 31.2. The fourth-order valence-electron chi connectivity index (χ4n) is 6.90. The smallest absolute Gasteiger partial charge is 0.390 e. The second-order valence-corrected chi connectivity index (χ2v) is 14.4. The highest BCUT2D eigenvalue weighted by molar-refractivity contribution is 7.55. The summed E-state index contributed by atoms with van der Waals surface area (Å²) in [5.41, 5.74) is -0.946. The molecule has 1 aromatic carbocycles. The summed E-state index contributed by atoms with van der Waals surface area (Å²) in [6.07, 6.45) is 3.08. The summed E-state index contributed by atoms with van der Waals surface area (Å²) in [6.45, 7) is 17.3. The number of benzene rings is 1. The minimum atomic E-state index is -3.48. The second kappa shape index (κ2) is 10.1. The van der Waals surface area contributed by atoms with Gasteiger partial charge in [0, 0.05) is 34.2 Å². The van der Waals surface area contributed by atoms with Gasteiger partial charge in [-0.05, 0) is 93.2 Å². The van der Waals surface area contributed by atoms with Crippen molar-refractivity contribution >= 4 is 7.67 Å². The Balaban J connectivity index is 1.88. The van der Waals surface area contributed by atoms with Crippen molar-refractivity contribution in [3.8, 4) is 5.75 Å². The zero-order chi connectivity index (χ0) is 26.3. The molecular formula is C26H47N4O4P. The van der Waals surface area contributed by atoms with Crippen LogP contribution in [0.15, 0.2) is 30.3 Å². The maximum absolute atomic E-state index is 14.5. The van der Waals surface area contributed by atoms with E-state index < -0.39 is 7.67 Å². The minimum Gasteiger partial charge on any atom is -0.422 e. The zero-order valence-electron chi connectivity index (χ0n) is 23.3. The molecule has 2 saturated heterocycles. The summed E-state index contributed by atoms with van der Waals surface area (Å²) in [5, 5.41) is 11.0. The Labute approximate surface area is 212 Å². The van der Waals surface area contributed by atoms with Gasteiger partial charge in [0.15, 0.2) is 0 Å². The summed E-state index contributed by atoms with van der Waals surface area (Å²) < 4.78 is 20.8. The Morgan fingerprint density at radius 3 is 1.37 bits per heavy atom. The molecular weight excluding hydrogens is 463 g/mol. The van der Waals surface area contributed by atoms with E-state index in [1.54, 1.807) is 14.2 Å². The van der Waals surface area contributed by atoms with E-state index in [9.17, 15) is 4.57 Å². The molecule has 2 heterocycles. The number of nitrogens with zero attached hydrogens (tertiary/aromatic N) is 2. The minimum absolute atomic E-state index is 0.0199. The molecule has 0 radical (unpaired) electrons. The van der Waals surface area contributed by atoms with Gasteiger partial charge < -0.3 is 14.2 Å². The topological polar surface area (TPSA) is 75.3 Å². The van der Waals surface area contributed by atoms with E-state index in [0.717, 1.165) is 25.7 Å². The first-order valence-corrected chi connectivity index (χ1v) is 14.3. The number of rotatable bonds is 8. The highest BCUT2D eigenvalue weighted by Crippen LogP contribution is 2.48. The molecule has 2 fully saturated rings. The molecule has 2 N–H and O–H groups in total. The lowest BCUT2D eigenvalue weighted by Crippen LogP contribution is -2.64. The Hall–Kier alpha value is -0.990. The van der Waals surface area contributed by atoms with Crippen LogP contribution in [-0.4, -0.2) is 58.6 Å². The number of hydrogen-bond acceptors (Lipinski definition) is 6. The SMILES string of the molecule is CON1C(C)(C)CC(NP(=O)(NC2CC(C)(C)N(OC)C(C)(C)C2)Oc2ccccc2)CC1(C)C. The molecule has 1 aromatic rings. The molecule has 2 aliphatic heterocycles. The van der Waals surface area contributed by atoms with Crippen molar-refractivity contribution in [2.75, 3.05) is 14.2 Å². The van der Waals surface area contributed by atoms with Gasteiger partial charge in [-0.1, -0.05) is 18.2 Å². The lowest BCUT2D eigenvalue weighted by atomic mass is 9.79. The van der Waals surface area contributed by atoms with Crippen molar-refractivity contribution in [3.05, 3.63) is 30.3 Å². The molecule has 0 aromatic heterocycles. The van der Waals surface area contributed by atoms with Crippen LogP contribution >= 0.6 is 7.67 Å². The van der Waals surface area contributed by atoms with Crippen LogP contribution in [0.5, 0.6) is 5.75 Å². The first-order valence-electron chi connectivity index (χ1n) is 12.6. The van der Waals surface area contributed by atoms with E-state index in [1.807, 2.05) is 30.3 Å². The van der Waals surface area contributed by atoms with E-state index in [0.29, 0.717) is 5.75 Å². The van der Waals surface area contributed by atoms with Gasteiger partial charge in [0.25, 0.3) is 0 Å². The van der Waals surface area contributed by atoms with Gasteiger partial charge in [-0.2, -0.15) is 10.1 Å². The number of hydrogen-bond donors (Lipinski definition) is 2. The standard InChI is InChI=1S/C26H47N4O4P/c1-23(2)16-20(17-24(3,4)29(23)32-9)27-35(31,34-22-14-12-11-13-15-22)28-21-18-25(5,6)30(33-10)26(7,8)19-21/h11-15,20-21H,16-19H2,1-10H3,(H2,27,28,31). The average molecular weight is 511 g/mol. The van der Waals surface area contributed by atoms with Crippen LogP contribution in [0, 0.1) is 0 Å². The van der Waals surface area contributed by atoms with Crippen LogP contribution in [0.25, 0.3) is 0 Å². The third-order valence-corrected chi connectivity index (χ3v) is 9.11. The van der Waals surface area contributed by atoms with Gasteiger partial charge in [0.05, 0.1) is 14.2 Å². The molecule has 0 amide bonds. The summed E-state index contributed by atoms with van der Waals surface area (Å²) in [5.74, 6) is 0.580. The molecule has 3 rings (SSSR count). The molecule has 0 atom stereocenters. The molecule has 0 unspecified atom stereocenters. The maximum Gasteiger partial charge on any atom is 0.390 e. The Kier molecular flexibility index (Phi) is 8.21. The highest BCUT2D eigenvalue weighted by Gasteiger charge is 2.50. The van der Waals surface area contributed by atoms with Crippen molar-refractivity contribution < 1.29 is 18.8 Å². The predicted molar refractivity (Wildman–Crippen MR) is 141 cm³/mol.